The summed E-state index contributed by atoms with van der Waals surface area (Å²) in [6.45, 7) is 1.51. The highest BCUT2D eigenvalue weighted by Crippen LogP contribution is 2.48. The molecule has 0 radical (unpaired) electrons. The first-order chi connectivity index (χ1) is 9.97. The van der Waals surface area contributed by atoms with Gasteiger partial charge >= 0.3 is 5.97 Å². The summed E-state index contributed by atoms with van der Waals surface area (Å²) in [5, 5.41) is 9.25. The van der Waals surface area contributed by atoms with Gasteiger partial charge in [0.1, 0.15) is 0 Å². The normalized spacial score (nSPS) is 21.9. The minimum absolute atomic E-state index is 0.203. The zero-order valence-corrected chi connectivity index (χ0v) is 12.3. The maximum absolute atomic E-state index is 12.5. The Kier molecular flexibility index (Phi) is 3.51. The van der Waals surface area contributed by atoms with E-state index in [0.717, 1.165) is 0 Å². The molecule has 1 aromatic carbocycles. The van der Waals surface area contributed by atoms with Gasteiger partial charge < -0.3 is 9.84 Å². The molecule has 114 valence electrons. The Morgan fingerprint density at radius 1 is 1.14 bits per heavy atom. The van der Waals surface area contributed by atoms with E-state index < -0.39 is 21.4 Å². The third kappa shape index (κ3) is 2.45. The Morgan fingerprint density at radius 3 is 2.19 bits per heavy atom. The van der Waals surface area contributed by atoms with Crippen LogP contribution in [0.15, 0.2) is 29.2 Å². The molecular weight excluding hydrogens is 294 g/mol. The van der Waals surface area contributed by atoms with Gasteiger partial charge in [-0.15, -0.1) is 0 Å². The smallest absolute Gasteiger partial charge is 0.314 e. The van der Waals surface area contributed by atoms with E-state index in [9.17, 15) is 18.3 Å². The highest BCUT2D eigenvalue weighted by molar-refractivity contribution is 7.89. The summed E-state index contributed by atoms with van der Waals surface area (Å²) in [4.78, 5) is 11.5. The molecule has 1 aromatic rings. The molecule has 0 bridgehead atoms. The summed E-state index contributed by atoms with van der Waals surface area (Å²) in [5.74, 6) is -0.841. The van der Waals surface area contributed by atoms with Crippen LogP contribution in [-0.2, 0) is 25.0 Å². The molecule has 1 saturated carbocycles. The molecule has 0 spiro atoms. The van der Waals surface area contributed by atoms with Crippen molar-refractivity contribution in [2.45, 2.75) is 23.2 Å². The predicted molar refractivity (Wildman–Crippen MR) is 74.6 cm³/mol. The molecular formula is C14H17NO5S. The van der Waals surface area contributed by atoms with Crippen LogP contribution in [0, 0.1) is 0 Å². The largest absolute Gasteiger partial charge is 0.481 e. The van der Waals surface area contributed by atoms with E-state index in [4.69, 9.17) is 4.74 Å². The molecule has 3 rings (SSSR count). The maximum atomic E-state index is 12.5. The van der Waals surface area contributed by atoms with Crippen LogP contribution in [0.3, 0.4) is 0 Å². The van der Waals surface area contributed by atoms with Gasteiger partial charge in [0.25, 0.3) is 0 Å². The van der Waals surface area contributed by atoms with Gasteiger partial charge in [0.2, 0.25) is 10.0 Å². The third-order valence-corrected chi connectivity index (χ3v) is 6.09. The summed E-state index contributed by atoms with van der Waals surface area (Å²) in [6, 6.07) is 6.25. The van der Waals surface area contributed by atoms with Crippen LogP contribution in [0.4, 0.5) is 0 Å². The molecule has 7 heteroatoms. The van der Waals surface area contributed by atoms with Crippen LogP contribution in [0.1, 0.15) is 18.4 Å². The molecule has 2 fully saturated rings. The fourth-order valence-electron chi connectivity index (χ4n) is 2.63. The number of hydrogen-bond acceptors (Lipinski definition) is 4. The quantitative estimate of drug-likeness (QED) is 0.890. The number of hydrogen-bond donors (Lipinski definition) is 1. The zero-order valence-electron chi connectivity index (χ0n) is 11.5. The summed E-state index contributed by atoms with van der Waals surface area (Å²) >= 11 is 0. The predicted octanol–water partition coefficient (Wildman–Crippen LogP) is 0.824. The van der Waals surface area contributed by atoms with E-state index in [1.165, 1.54) is 16.4 Å². The lowest BCUT2D eigenvalue weighted by molar-refractivity contribution is -0.140. The molecule has 0 atom stereocenters. The Labute approximate surface area is 123 Å². The maximum Gasteiger partial charge on any atom is 0.314 e. The molecule has 21 heavy (non-hydrogen) atoms. The van der Waals surface area contributed by atoms with Crippen molar-refractivity contribution < 1.29 is 23.1 Å². The number of carbonyl (C=O) groups is 1. The van der Waals surface area contributed by atoms with Crippen molar-refractivity contribution in [1.29, 1.82) is 0 Å². The minimum Gasteiger partial charge on any atom is -0.481 e. The van der Waals surface area contributed by atoms with Crippen molar-refractivity contribution >= 4 is 16.0 Å². The highest BCUT2D eigenvalue weighted by atomic mass is 32.2. The van der Waals surface area contributed by atoms with Gasteiger partial charge in [-0.2, -0.15) is 4.31 Å². The van der Waals surface area contributed by atoms with Gasteiger partial charge in [-0.3, -0.25) is 4.79 Å². The summed E-state index contributed by atoms with van der Waals surface area (Å²) in [5.41, 5.74) is -0.128. The molecule has 2 aliphatic rings. The zero-order chi connectivity index (χ0) is 15.1. The number of carboxylic acid groups (broad SMARTS) is 1. The van der Waals surface area contributed by atoms with Crippen LogP contribution < -0.4 is 0 Å². The third-order valence-electron chi connectivity index (χ3n) is 4.17. The topological polar surface area (TPSA) is 83.9 Å². The molecule has 1 heterocycles. The van der Waals surface area contributed by atoms with Gasteiger partial charge in [0, 0.05) is 13.1 Å². The van der Waals surface area contributed by atoms with Gasteiger partial charge in [-0.05, 0) is 30.5 Å². The van der Waals surface area contributed by atoms with Crippen molar-refractivity contribution in [2.75, 3.05) is 26.3 Å². The number of nitrogens with zero attached hydrogens (tertiary/aromatic N) is 1. The lowest BCUT2D eigenvalue weighted by Gasteiger charge is -2.26. The molecule has 1 N–H and O–H groups in total. The number of morpholine rings is 1. The van der Waals surface area contributed by atoms with Gasteiger partial charge in [-0.25, -0.2) is 8.42 Å². The van der Waals surface area contributed by atoms with E-state index in [2.05, 4.69) is 0 Å². The lowest BCUT2D eigenvalue weighted by Crippen LogP contribution is -2.40. The number of sulfonamides is 1. The van der Waals surface area contributed by atoms with Crippen molar-refractivity contribution in [3.8, 4) is 0 Å². The average Bonchev–Trinajstić information content (AvgIpc) is 3.30. The number of carboxylic acids is 1. The second kappa shape index (κ2) is 5.08. The minimum atomic E-state index is -3.52. The standard InChI is InChI=1S/C14H17NO5S/c16-13(17)14(5-6-14)11-1-3-12(4-2-11)21(18,19)15-7-9-20-10-8-15/h1-4H,5-10H2,(H,16,17). The van der Waals surface area contributed by atoms with Crippen LogP contribution in [0.2, 0.25) is 0 Å². The fraction of sp³-hybridized carbons (Fsp3) is 0.500. The van der Waals surface area contributed by atoms with Crippen molar-refractivity contribution in [1.82, 2.24) is 4.31 Å². The Hall–Kier alpha value is -1.44. The number of rotatable bonds is 4. The van der Waals surface area contributed by atoms with E-state index >= 15 is 0 Å². The van der Waals surface area contributed by atoms with Crippen LogP contribution in [0.5, 0.6) is 0 Å². The van der Waals surface area contributed by atoms with E-state index in [0.29, 0.717) is 44.7 Å². The molecule has 1 aliphatic heterocycles. The molecule has 0 aromatic heterocycles. The Balaban J connectivity index is 1.85. The number of benzene rings is 1. The first-order valence-electron chi connectivity index (χ1n) is 6.89. The van der Waals surface area contributed by atoms with E-state index in [1.54, 1.807) is 12.1 Å². The second-order valence-electron chi connectivity index (χ2n) is 5.43. The number of aliphatic carboxylic acids is 1. The van der Waals surface area contributed by atoms with Crippen LogP contribution >= 0.6 is 0 Å². The van der Waals surface area contributed by atoms with Crippen molar-refractivity contribution in [3.05, 3.63) is 29.8 Å². The molecule has 1 aliphatic carbocycles. The van der Waals surface area contributed by atoms with Crippen LogP contribution in [-0.4, -0.2) is 50.1 Å². The molecule has 0 amide bonds. The lowest BCUT2D eigenvalue weighted by atomic mass is 9.96. The van der Waals surface area contributed by atoms with Crippen molar-refractivity contribution in [2.24, 2.45) is 0 Å². The summed E-state index contributed by atoms with van der Waals surface area (Å²) in [7, 11) is -3.52. The van der Waals surface area contributed by atoms with Crippen LogP contribution in [0.25, 0.3) is 0 Å². The first kappa shape index (κ1) is 14.5. The van der Waals surface area contributed by atoms with Gasteiger partial charge in [0.05, 0.1) is 23.5 Å². The summed E-state index contributed by atoms with van der Waals surface area (Å²) < 4.78 is 31.5. The fourth-order valence-corrected chi connectivity index (χ4v) is 4.04. The molecule has 0 unspecified atom stereocenters. The highest BCUT2D eigenvalue weighted by Gasteiger charge is 2.51. The monoisotopic (exact) mass is 311 g/mol. The van der Waals surface area contributed by atoms with E-state index in [-0.39, 0.29) is 4.90 Å². The SMILES string of the molecule is O=C(O)C1(c2ccc(S(=O)(=O)N3CCOCC3)cc2)CC1. The first-order valence-corrected chi connectivity index (χ1v) is 8.33. The average molecular weight is 311 g/mol. The number of ether oxygens (including phenoxy) is 1. The van der Waals surface area contributed by atoms with Crippen molar-refractivity contribution in [3.63, 3.8) is 0 Å². The second-order valence-corrected chi connectivity index (χ2v) is 7.37. The Morgan fingerprint density at radius 2 is 1.71 bits per heavy atom. The molecule has 1 saturated heterocycles. The summed E-state index contributed by atoms with van der Waals surface area (Å²) in [6.07, 6.45) is 1.22. The van der Waals surface area contributed by atoms with Gasteiger partial charge in [-0.1, -0.05) is 12.1 Å². The van der Waals surface area contributed by atoms with Gasteiger partial charge in [0.15, 0.2) is 0 Å². The van der Waals surface area contributed by atoms with E-state index in [1.807, 2.05) is 0 Å². The Bertz CT molecular complexity index is 642. The molecule has 6 nitrogen and oxygen atoms in total.